The third kappa shape index (κ3) is 6.89. The fraction of sp³-hybridized carbons (Fsp3) is 0.154. The highest BCUT2D eigenvalue weighted by atomic mass is 35.5. The molecule has 11 nitrogen and oxygen atoms in total. The van der Waals surface area contributed by atoms with E-state index in [1.54, 1.807) is 68.4 Å². The van der Waals surface area contributed by atoms with Crippen LogP contribution in [0.15, 0.2) is 60.8 Å². The van der Waals surface area contributed by atoms with E-state index in [0.717, 1.165) is 4.90 Å². The topological polar surface area (TPSA) is 164 Å². The molecule has 0 aliphatic rings. The number of amidine groups is 1. The Labute approximate surface area is 236 Å². The molecule has 1 amide bonds. The lowest BCUT2D eigenvalue weighted by Gasteiger charge is -2.20. The van der Waals surface area contributed by atoms with Gasteiger partial charge in [-0.1, -0.05) is 30.3 Å². The van der Waals surface area contributed by atoms with Crippen LogP contribution in [0.4, 0.5) is 10.6 Å². The van der Waals surface area contributed by atoms with E-state index in [2.05, 4.69) is 15.0 Å². The zero-order valence-electron chi connectivity index (χ0n) is 21.0. The molecule has 0 aliphatic carbocycles. The first-order chi connectivity index (χ1) is 17.8. The number of imidazole rings is 1. The van der Waals surface area contributed by atoms with Gasteiger partial charge < -0.3 is 20.2 Å². The number of hydrogen-bond donors (Lipinski definition) is 3. The summed E-state index contributed by atoms with van der Waals surface area (Å²) in [5, 5.41) is 7.48. The van der Waals surface area contributed by atoms with Gasteiger partial charge >= 0.3 is 12.1 Å². The number of fused-ring (bicyclic) bond motifs is 1. The number of nitrogen functional groups attached to an aromatic ring is 1. The third-order valence-corrected chi connectivity index (χ3v) is 5.47. The van der Waals surface area contributed by atoms with Crippen molar-refractivity contribution < 1.29 is 23.9 Å². The number of H-pyrrole nitrogens is 1. The molecule has 2 heterocycles. The van der Waals surface area contributed by atoms with Gasteiger partial charge in [0.05, 0.1) is 17.6 Å². The van der Waals surface area contributed by atoms with Gasteiger partial charge in [-0.25, -0.2) is 19.7 Å². The molecule has 204 valence electrons. The van der Waals surface area contributed by atoms with E-state index < -0.39 is 12.1 Å². The largest absolute Gasteiger partial charge is 0.465 e. The summed E-state index contributed by atoms with van der Waals surface area (Å²) in [5.41, 5.74) is 7.89. The molecule has 4 N–H and O–H groups in total. The Balaban J connectivity index is 0.00000267. The number of nitrogens with two attached hydrogens (primary N) is 1. The molecule has 4 rings (SSSR count). The summed E-state index contributed by atoms with van der Waals surface area (Å²) in [5.74, 6) is -0.510. The zero-order chi connectivity index (χ0) is 26.5. The second-order valence-electron chi connectivity index (χ2n) is 7.94. The molecular weight excluding hydrogens is 547 g/mol. The molecule has 13 heteroatoms. The number of aryl methyl sites for hydroxylation is 1. The smallest absolute Gasteiger partial charge is 0.421 e. The van der Waals surface area contributed by atoms with Gasteiger partial charge in [0.15, 0.2) is 5.82 Å². The second-order valence-corrected chi connectivity index (χ2v) is 7.94. The summed E-state index contributed by atoms with van der Waals surface area (Å²) in [7, 11) is 0. The average molecular weight is 573 g/mol. The number of nitrogens with zero attached hydrogens (tertiary/aromatic N) is 3. The van der Waals surface area contributed by atoms with Crippen LogP contribution >= 0.6 is 24.8 Å². The number of nitrogens with one attached hydrogen (secondary N) is 2. The van der Waals surface area contributed by atoms with E-state index in [9.17, 15) is 14.4 Å². The molecule has 0 aliphatic heterocycles. The van der Waals surface area contributed by atoms with Crippen LogP contribution < -0.4 is 15.4 Å². The molecule has 0 spiro atoms. The molecule has 0 bridgehead atoms. The molecule has 0 atom stereocenters. The van der Waals surface area contributed by atoms with Crippen LogP contribution in [0.25, 0.3) is 11.0 Å². The number of aromatic nitrogens is 3. The zero-order valence-corrected chi connectivity index (χ0v) is 22.6. The SMILES string of the molecule is CCOC(=O)CN(C(=O)Oc1ccc2[nH]c(C(=O)c3ccc(C(=N)N)cc3)nc2c1C)c1ccccn1.Cl.Cl. The highest BCUT2D eigenvalue weighted by molar-refractivity contribution is 6.08. The Hall–Kier alpha value is -4.48. The number of hydrogen-bond acceptors (Lipinski definition) is 8. The van der Waals surface area contributed by atoms with Gasteiger partial charge in [0.1, 0.15) is 23.9 Å². The highest BCUT2D eigenvalue weighted by Gasteiger charge is 2.24. The number of ketones is 1. The highest BCUT2D eigenvalue weighted by Crippen LogP contribution is 2.27. The van der Waals surface area contributed by atoms with E-state index in [0.29, 0.717) is 27.7 Å². The Bertz CT molecular complexity index is 1490. The molecule has 0 fully saturated rings. The number of esters is 1. The van der Waals surface area contributed by atoms with Crippen LogP contribution in [-0.4, -0.2) is 51.8 Å². The summed E-state index contributed by atoms with van der Waals surface area (Å²) in [6, 6.07) is 14.5. The van der Waals surface area contributed by atoms with Crippen LogP contribution in [-0.2, 0) is 9.53 Å². The van der Waals surface area contributed by atoms with Crippen molar-refractivity contribution in [3.8, 4) is 5.75 Å². The second kappa shape index (κ2) is 13.4. The Kier molecular flexibility index (Phi) is 10.5. The van der Waals surface area contributed by atoms with Crippen molar-refractivity contribution in [2.24, 2.45) is 5.73 Å². The number of benzene rings is 2. The minimum Gasteiger partial charge on any atom is -0.465 e. The first kappa shape index (κ1) is 30.7. The van der Waals surface area contributed by atoms with Crippen LogP contribution in [0.5, 0.6) is 5.75 Å². The lowest BCUT2D eigenvalue weighted by molar-refractivity contribution is -0.141. The number of amides is 1. The minimum atomic E-state index is -0.827. The van der Waals surface area contributed by atoms with Crippen molar-refractivity contribution >= 4 is 65.3 Å². The van der Waals surface area contributed by atoms with Crippen molar-refractivity contribution in [2.45, 2.75) is 13.8 Å². The maximum atomic E-state index is 13.1. The number of carbonyl (C=O) groups excluding carboxylic acids is 3. The van der Waals surface area contributed by atoms with Gasteiger partial charge in [0.2, 0.25) is 5.78 Å². The Morgan fingerprint density at radius 3 is 2.33 bits per heavy atom. The van der Waals surface area contributed by atoms with E-state index in [-0.39, 0.29) is 67.0 Å². The van der Waals surface area contributed by atoms with Gasteiger partial charge in [0.25, 0.3) is 0 Å². The Morgan fingerprint density at radius 2 is 1.72 bits per heavy atom. The van der Waals surface area contributed by atoms with E-state index in [1.165, 1.54) is 6.20 Å². The van der Waals surface area contributed by atoms with Crippen LogP contribution in [0.3, 0.4) is 0 Å². The van der Waals surface area contributed by atoms with Gasteiger partial charge in [-0.15, -0.1) is 24.8 Å². The fourth-order valence-corrected chi connectivity index (χ4v) is 3.59. The first-order valence-corrected chi connectivity index (χ1v) is 11.3. The van der Waals surface area contributed by atoms with E-state index in [4.69, 9.17) is 20.6 Å². The maximum Gasteiger partial charge on any atom is 0.421 e. The average Bonchev–Trinajstić information content (AvgIpc) is 3.34. The summed E-state index contributed by atoms with van der Waals surface area (Å²) >= 11 is 0. The van der Waals surface area contributed by atoms with Crippen LogP contribution in [0.2, 0.25) is 0 Å². The number of pyridine rings is 1. The normalized spacial score (nSPS) is 10.1. The lowest BCUT2D eigenvalue weighted by Crippen LogP contribution is -2.39. The third-order valence-electron chi connectivity index (χ3n) is 5.47. The van der Waals surface area contributed by atoms with Crippen molar-refractivity contribution in [1.29, 1.82) is 5.41 Å². The first-order valence-electron chi connectivity index (χ1n) is 11.3. The predicted octanol–water partition coefficient (Wildman–Crippen LogP) is 4.19. The maximum absolute atomic E-state index is 13.1. The summed E-state index contributed by atoms with van der Waals surface area (Å²) in [4.78, 5) is 50.7. The summed E-state index contributed by atoms with van der Waals surface area (Å²) in [6.45, 7) is 3.16. The molecule has 0 saturated carbocycles. The monoisotopic (exact) mass is 572 g/mol. The number of halogens is 2. The number of aromatic amines is 1. The predicted molar refractivity (Wildman–Crippen MR) is 150 cm³/mol. The summed E-state index contributed by atoms with van der Waals surface area (Å²) in [6.07, 6.45) is 0.667. The van der Waals surface area contributed by atoms with E-state index >= 15 is 0 Å². The lowest BCUT2D eigenvalue weighted by atomic mass is 10.1. The van der Waals surface area contributed by atoms with Crippen molar-refractivity contribution in [3.63, 3.8) is 0 Å². The molecule has 2 aromatic carbocycles. The van der Waals surface area contributed by atoms with Gasteiger partial charge in [-0.2, -0.15) is 0 Å². The van der Waals surface area contributed by atoms with Crippen molar-refractivity contribution in [2.75, 3.05) is 18.1 Å². The fourth-order valence-electron chi connectivity index (χ4n) is 3.59. The molecule has 0 saturated heterocycles. The van der Waals surface area contributed by atoms with Gasteiger partial charge in [-0.05, 0) is 38.1 Å². The molecule has 0 unspecified atom stereocenters. The Morgan fingerprint density at radius 1 is 1.03 bits per heavy atom. The molecule has 4 aromatic rings. The minimum absolute atomic E-state index is 0. The standard InChI is InChI=1S/C26H24N6O5.2ClH/c1-3-36-21(33)14-32(20-6-4-5-13-29-20)26(35)37-19-12-11-18-22(15(19)2)31-25(30-18)23(34)16-7-9-17(10-8-16)24(27)28;;/h4-13H,3,14H2,1-2H3,(H3,27,28)(H,30,31);2*1H. The van der Waals surface area contributed by atoms with E-state index in [1.807, 2.05) is 0 Å². The number of anilines is 1. The molecule has 0 radical (unpaired) electrons. The van der Waals surface area contributed by atoms with Crippen molar-refractivity contribution in [1.82, 2.24) is 15.0 Å². The summed E-state index contributed by atoms with van der Waals surface area (Å²) < 4.78 is 10.6. The van der Waals surface area contributed by atoms with Crippen LogP contribution in [0.1, 0.15) is 34.2 Å². The number of carbonyl (C=O) groups is 3. The molecular formula is C26H26Cl2N6O5. The van der Waals surface area contributed by atoms with Gasteiger partial charge in [0, 0.05) is 22.9 Å². The quantitative estimate of drug-likeness (QED) is 0.122. The van der Waals surface area contributed by atoms with Crippen LogP contribution in [0, 0.1) is 12.3 Å². The van der Waals surface area contributed by atoms with Crippen molar-refractivity contribution in [3.05, 3.63) is 83.3 Å². The van der Waals surface area contributed by atoms with Gasteiger partial charge in [-0.3, -0.25) is 15.0 Å². The molecule has 39 heavy (non-hydrogen) atoms. The number of rotatable bonds is 8. The molecule has 2 aromatic heterocycles. The number of ether oxygens (including phenoxy) is 2.